The highest BCUT2D eigenvalue weighted by atomic mass is 19.1. The number of fused-ring (bicyclic) bond motifs is 2. The average molecular weight is 390 g/mol. The molecular formula is C22H12F2N2O3. The lowest BCUT2D eigenvalue weighted by molar-refractivity contribution is 0.0970. The Morgan fingerprint density at radius 1 is 0.966 bits per heavy atom. The van der Waals surface area contributed by atoms with Crippen molar-refractivity contribution in [1.82, 2.24) is 4.98 Å². The number of hydrogen-bond acceptors (Lipinski definition) is 4. The highest BCUT2D eigenvalue weighted by Gasteiger charge is 2.45. The Kier molecular flexibility index (Phi) is 3.77. The van der Waals surface area contributed by atoms with Gasteiger partial charge in [0.25, 0.3) is 5.91 Å². The van der Waals surface area contributed by atoms with Crippen molar-refractivity contribution >= 4 is 22.7 Å². The van der Waals surface area contributed by atoms with Gasteiger partial charge in [-0.15, -0.1) is 0 Å². The van der Waals surface area contributed by atoms with Crippen LogP contribution in [0.15, 0.2) is 76.1 Å². The average Bonchev–Trinajstić information content (AvgIpc) is 3.02. The minimum Gasteiger partial charge on any atom is -0.450 e. The molecule has 0 unspecified atom stereocenters. The van der Waals surface area contributed by atoms with Gasteiger partial charge in [-0.05, 0) is 36.4 Å². The zero-order valence-electron chi connectivity index (χ0n) is 14.8. The van der Waals surface area contributed by atoms with Crippen LogP contribution in [0, 0.1) is 11.6 Å². The van der Waals surface area contributed by atoms with Crippen molar-refractivity contribution in [2.45, 2.75) is 6.04 Å². The normalized spacial score (nSPS) is 15.7. The molecule has 4 aromatic rings. The van der Waals surface area contributed by atoms with Crippen LogP contribution in [0.5, 0.6) is 0 Å². The fraction of sp³-hybridized carbons (Fsp3) is 0.0455. The third-order valence-corrected chi connectivity index (χ3v) is 4.93. The zero-order chi connectivity index (χ0) is 20.1. The first kappa shape index (κ1) is 17.2. The molecule has 0 aliphatic carbocycles. The van der Waals surface area contributed by atoms with Gasteiger partial charge in [0.2, 0.25) is 5.76 Å². The third-order valence-electron chi connectivity index (χ3n) is 4.93. The number of pyridine rings is 1. The quantitative estimate of drug-likeness (QED) is 0.514. The molecule has 0 bridgehead atoms. The molecule has 0 radical (unpaired) electrons. The molecule has 1 atom stereocenters. The Balaban J connectivity index is 1.86. The predicted molar refractivity (Wildman–Crippen MR) is 102 cm³/mol. The first-order valence-corrected chi connectivity index (χ1v) is 8.81. The number of carbonyl (C=O) groups excluding carboxylic acids is 1. The van der Waals surface area contributed by atoms with E-state index >= 15 is 0 Å². The number of anilines is 1. The zero-order valence-corrected chi connectivity index (χ0v) is 14.8. The van der Waals surface area contributed by atoms with Gasteiger partial charge >= 0.3 is 0 Å². The topological polar surface area (TPSA) is 63.4 Å². The van der Waals surface area contributed by atoms with Crippen molar-refractivity contribution < 1.29 is 18.0 Å². The highest BCUT2D eigenvalue weighted by molar-refractivity contribution is 6.10. The Morgan fingerprint density at radius 3 is 2.52 bits per heavy atom. The highest BCUT2D eigenvalue weighted by Crippen LogP contribution is 2.41. The fourth-order valence-corrected chi connectivity index (χ4v) is 3.67. The van der Waals surface area contributed by atoms with Gasteiger partial charge < -0.3 is 4.42 Å². The third kappa shape index (κ3) is 2.55. The molecule has 7 heteroatoms. The van der Waals surface area contributed by atoms with Gasteiger partial charge in [-0.25, -0.2) is 13.8 Å². The molecule has 2 aromatic heterocycles. The van der Waals surface area contributed by atoms with Crippen molar-refractivity contribution in [3.63, 3.8) is 0 Å². The standard InChI is InChI=1S/C22H12F2N2O3/c23-12-8-9-16-14(11-12)20(27)18-19(13-5-1-2-6-15(13)24)26(22(28)21(18)29-16)17-7-3-4-10-25-17/h1-11,19H/t19-/m1/s1. The van der Waals surface area contributed by atoms with E-state index in [1.165, 1.54) is 35.4 Å². The van der Waals surface area contributed by atoms with Crippen LogP contribution in [-0.4, -0.2) is 10.9 Å². The SMILES string of the molecule is O=C1c2oc3ccc(F)cc3c(=O)c2[C@@H](c2ccccc2F)N1c1ccccn1. The molecule has 0 spiro atoms. The van der Waals surface area contributed by atoms with Crippen molar-refractivity contribution in [3.05, 3.63) is 106 Å². The second-order valence-corrected chi connectivity index (χ2v) is 6.60. The van der Waals surface area contributed by atoms with Gasteiger partial charge in [0, 0.05) is 11.8 Å². The molecule has 2 aromatic carbocycles. The van der Waals surface area contributed by atoms with E-state index in [0.29, 0.717) is 0 Å². The number of carbonyl (C=O) groups is 1. The minimum absolute atomic E-state index is 0.0132. The molecule has 29 heavy (non-hydrogen) atoms. The molecule has 0 saturated heterocycles. The van der Waals surface area contributed by atoms with Crippen LogP contribution in [0.1, 0.15) is 27.7 Å². The molecule has 3 heterocycles. The van der Waals surface area contributed by atoms with Crippen LogP contribution < -0.4 is 10.3 Å². The maximum absolute atomic E-state index is 14.7. The fourth-order valence-electron chi connectivity index (χ4n) is 3.67. The van der Waals surface area contributed by atoms with Crippen molar-refractivity contribution in [1.29, 1.82) is 0 Å². The smallest absolute Gasteiger partial charge is 0.296 e. The van der Waals surface area contributed by atoms with Crippen molar-refractivity contribution in [2.24, 2.45) is 0 Å². The van der Waals surface area contributed by atoms with Gasteiger partial charge in [0.1, 0.15) is 23.0 Å². The summed E-state index contributed by atoms with van der Waals surface area (Å²) in [6.07, 6.45) is 1.49. The van der Waals surface area contributed by atoms with Crippen molar-refractivity contribution in [3.8, 4) is 0 Å². The van der Waals surface area contributed by atoms with Crippen LogP contribution in [0.4, 0.5) is 14.6 Å². The molecule has 0 N–H and O–H groups in total. The lowest BCUT2D eigenvalue weighted by Crippen LogP contribution is -2.30. The second-order valence-electron chi connectivity index (χ2n) is 6.60. The van der Waals surface area contributed by atoms with E-state index in [1.807, 2.05) is 0 Å². The first-order chi connectivity index (χ1) is 14.1. The molecule has 1 amide bonds. The van der Waals surface area contributed by atoms with Crippen molar-refractivity contribution in [2.75, 3.05) is 4.90 Å². The summed E-state index contributed by atoms with van der Waals surface area (Å²) in [7, 11) is 0. The molecule has 0 fully saturated rings. The Morgan fingerprint density at radius 2 is 1.76 bits per heavy atom. The van der Waals surface area contributed by atoms with Crippen LogP contribution in [-0.2, 0) is 0 Å². The number of nitrogens with zero attached hydrogens (tertiary/aromatic N) is 2. The Labute approximate surface area is 162 Å². The van der Waals surface area contributed by atoms with Crippen LogP contribution in [0.3, 0.4) is 0 Å². The van der Waals surface area contributed by atoms with E-state index in [0.717, 1.165) is 12.1 Å². The summed E-state index contributed by atoms with van der Waals surface area (Å²) < 4.78 is 34.1. The molecule has 5 rings (SSSR count). The van der Waals surface area contributed by atoms with E-state index < -0.39 is 29.0 Å². The molecule has 142 valence electrons. The molecular weight excluding hydrogens is 378 g/mol. The number of aromatic nitrogens is 1. The number of amides is 1. The summed E-state index contributed by atoms with van der Waals surface area (Å²) in [6, 6.07) is 13.2. The molecule has 1 aliphatic heterocycles. The van der Waals surface area contributed by atoms with Gasteiger partial charge in [-0.2, -0.15) is 0 Å². The molecule has 1 aliphatic rings. The Bertz CT molecular complexity index is 1340. The lowest BCUT2D eigenvalue weighted by atomic mass is 9.98. The maximum Gasteiger partial charge on any atom is 0.296 e. The maximum atomic E-state index is 14.7. The number of benzene rings is 2. The van der Waals surface area contributed by atoms with Gasteiger partial charge in [-0.3, -0.25) is 14.5 Å². The predicted octanol–water partition coefficient (Wildman–Crippen LogP) is 4.22. The second kappa shape index (κ2) is 6.34. The number of hydrogen-bond donors (Lipinski definition) is 0. The summed E-state index contributed by atoms with van der Waals surface area (Å²) in [5.74, 6) is -1.77. The summed E-state index contributed by atoms with van der Waals surface area (Å²) in [5, 5.41) is -0.0132. The molecule has 5 nitrogen and oxygen atoms in total. The number of halogens is 2. The van der Waals surface area contributed by atoms with Crippen LogP contribution in [0.25, 0.3) is 11.0 Å². The molecule has 0 saturated carbocycles. The Hall–Kier alpha value is -3.87. The van der Waals surface area contributed by atoms with E-state index in [2.05, 4.69) is 4.98 Å². The lowest BCUT2D eigenvalue weighted by Gasteiger charge is -2.24. The number of rotatable bonds is 2. The summed E-state index contributed by atoms with van der Waals surface area (Å²) in [6.45, 7) is 0. The van der Waals surface area contributed by atoms with E-state index in [-0.39, 0.29) is 33.7 Å². The summed E-state index contributed by atoms with van der Waals surface area (Å²) in [5.41, 5.74) is -0.420. The first-order valence-electron chi connectivity index (χ1n) is 8.81. The van der Waals surface area contributed by atoms with Gasteiger partial charge in [0.15, 0.2) is 5.43 Å². The van der Waals surface area contributed by atoms with Gasteiger partial charge in [0.05, 0.1) is 17.0 Å². The summed E-state index contributed by atoms with van der Waals surface area (Å²) in [4.78, 5) is 31.9. The summed E-state index contributed by atoms with van der Waals surface area (Å²) >= 11 is 0. The van der Waals surface area contributed by atoms with Crippen LogP contribution in [0.2, 0.25) is 0 Å². The van der Waals surface area contributed by atoms with E-state index in [4.69, 9.17) is 4.42 Å². The monoisotopic (exact) mass is 390 g/mol. The van der Waals surface area contributed by atoms with E-state index in [9.17, 15) is 18.4 Å². The minimum atomic E-state index is -1.09. The van der Waals surface area contributed by atoms with Gasteiger partial charge in [-0.1, -0.05) is 24.3 Å². The van der Waals surface area contributed by atoms with Crippen LogP contribution >= 0.6 is 0 Å². The largest absolute Gasteiger partial charge is 0.450 e. The van der Waals surface area contributed by atoms with E-state index in [1.54, 1.807) is 24.3 Å².